The topological polar surface area (TPSA) is 110 Å². The van der Waals surface area contributed by atoms with E-state index in [2.05, 4.69) is 14.4 Å². The molecule has 0 aliphatic heterocycles. The van der Waals surface area contributed by atoms with Gasteiger partial charge in [0.2, 0.25) is 5.76 Å². The number of nitrogens with one attached hydrogen (secondary N) is 1. The molecule has 4 rings (SSSR count). The Labute approximate surface area is 186 Å². The van der Waals surface area contributed by atoms with Gasteiger partial charge in [0.25, 0.3) is 10.0 Å². The standard InChI is InChI=1S/C19H13F5N2O5S2/c20-18(21,19(22,23)24)14-8-12(25-31-14)13-6-7-15(32-13)33(29,30)26-17(16(27)28)9-11(17)10-4-2-1-3-5-10/h1-8,11,26H,9H2,(H,27,28)/t11-,17+/m1/s1. The van der Waals surface area contributed by atoms with Crippen LogP contribution in [0.3, 0.4) is 0 Å². The van der Waals surface area contributed by atoms with Crippen LogP contribution in [-0.2, 0) is 20.7 Å². The minimum atomic E-state index is -5.90. The van der Waals surface area contributed by atoms with Crippen molar-refractivity contribution < 1.29 is 44.8 Å². The van der Waals surface area contributed by atoms with Gasteiger partial charge < -0.3 is 9.63 Å². The molecule has 3 aromatic rings. The third kappa shape index (κ3) is 4.02. The van der Waals surface area contributed by atoms with Gasteiger partial charge in [0.15, 0.2) is 0 Å². The predicted octanol–water partition coefficient (Wildman–Crippen LogP) is 4.35. The van der Waals surface area contributed by atoms with Crippen molar-refractivity contribution in [3.05, 3.63) is 59.9 Å². The Morgan fingerprint density at radius 1 is 1.15 bits per heavy atom. The molecule has 2 N–H and O–H groups in total. The van der Waals surface area contributed by atoms with Crippen molar-refractivity contribution in [2.24, 2.45) is 0 Å². The smallest absolute Gasteiger partial charge is 0.461 e. The van der Waals surface area contributed by atoms with Crippen molar-refractivity contribution in [2.75, 3.05) is 0 Å². The van der Waals surface area contributed by atoms with E-state index in [1.807, 2.05) is 0 Å². The highest BCUT2D eigenvalue weighted by molar-refractivity contribution is 7.91. The van der Waals surface area contributed by atoms with Crippen LogP contribution in [-0.4, -0.2) is 36.4 Å². The van der Waals surface area contributed by atoms with Gasteiger partial charge in [-0.3, -0.25) is 4.79 Å². The van der Waals surface area contributed by atoms with Gasteiger partial charge in [0, 0.05) is 12.0 Å². The molecular formula is C19H13F5N2O5S2. The SMILES string of the molecule is O=C(O)[C@]1(NS(=O)(=O)c2ccc(-c3cc(C(F)(F)C(F)(F)F)on3)s2)C[C@@H]1c1ccccc1. The first-order valence-electron chi connectivity index (χ1n) is 9.12. The molecule has 176 valence electrons. The molecule has 0 spiro atoms. The molecule has 2 heterocycles. The fourth-order valence-electron chi connectivity index (χ4n) is 3.31. The highest BCUT2D eigenvalue weighted by atomic mass is 32.2. The molecular weight excluding hydrogens is 495 g/mol. The number of carbonyl (C=O) groups is 1. The van der Waals surface area contributed by atoms with E-state index in [9.17, 15) is 40.3 Å². The second kappa shape index (κ2) is 7.60. The summed E-state index contributed by atoms with van der Waals surface area (Å²) in [5.41, 5.74) is -1.56. The molecule has 2 atom stereocenters. The van der Waals surface area contributed by atoms with E-state index in [1.165, 1.54) is 0 Å². The molecule has 1 aliphatic rings. The van der Waals surface area contributed by atoms with Crippen molar-refractivity contribution in [3.8, 4) is 10.6 Å². The monoisotopic (exact) mass is 508 g/mol. The van der Waals surface area contributed by atoms with Crippen LogP contribution in [0.25, 0.3) is 10.6 Å². The van der Waals surface area contributed by atoms with E-state index in [-0.39, 0.29) is 15.5 Å². The second-order valence-electron chi connectivity index (χ2n) is 7.32. The van der Waals surface area contributed by atoms with Crippen LogP contribution < -0.4 is 4.72 Å². The van der Waals surface area contributed by atoms with Crippen LogP contribution in [0, 0.1) is 0 Å². The number of rotatable bonds is 7. The zero-order chi connectivity index (χ0) is 24.2. The van der Waals surface area contributed by atoms with E-state index >= 15 is 0 Å². The first-order valence-corrected chi connectivity index (χ1v) is 11.4. The maximum atomic E-state index is 13.4. The summed E-state index contributed by atoms with van der Waals surface area (Å²) in [7, 11) is -4.37. The summed E-state index contributed by atoms with van der Waals surface area (Å²) < 4.78 is 96.0. The van der Waals surface area contributed by atoms with Crippen molar-refractivity contribution in [1.82, 2.24) is 9.88 Å². The molecule has 2 aromatic heterocycles. The van der Waals surface area contributed by atoms with Gasteiger partial charge >= 0.3 is 18.1 Å². The number of aliphatic carboxylic acids is 1. The van der Waals surface area contributed by atoms with Crippen molar-refractivity contribution in [3.63, 3.8) is 0 Å². The fraction of sp³-hybridized carbons (Fsp3) is 0.263. The van der Waals surface area contributed by atoms with E-state index in [0.717, 1.165) is 12.1 Å². The molecule has 1 saturated carbocycles. The van der Waals surface area contributed by atoms with E-state index in [4.69, 9.17) is 0 Å². The average molecular weight is 508 g/mol. The average Bonchev–Trinajstić information content (AvgIpc) is 3.11. The molecule has 0 amide bonds. The number of carboxylic acids is 1. The lowest BCUT2D eigenvalue weighted by molar-refractivity contribution is -0.296. The lowest BCUT2D eigenvalue weighted by Crippen LogP contribution is -2.44. The summed E-state index contributed by atoms with van der Waals surface area (Å²) in [5.74, 6) is -8.99. The molecule has 1 fully saturated rings. The quantitative estimate of drug-likeness (QED) is 0.460. The van der Waals surface area contributed by atoms with E-state index in [1.54, 1.807) is 30.3 Å². The fourth-order valence-corrected chi connectivity index (χ4v) is 5.98. The van der Waals surface area contributed by atoms with Gasteiger partial charge in [0.05, 0.1) is 4.88 Å². The Morgan fingerprint density at radius 3 is 2.42 bits per heavy atom. The van der Waals surface area contributed by atoms with Crippen LogP contribution in [0.5, 0.6) is 0 Å². The Kier molecular flexibility index (Phi) is 5.37. The van der Waals surface area contributed by atoms with Gasteiger partial charge in [-0.1, -0.05) is 35.5 Å². The number of hydrogen-bond donors (Lipinski definition) is 2. The summed E-state index contributed by atoms with van der Waals surface area (Å²) in [4.78, 5) is 11.8. The number of nitrogens with zero attached hydrogens (tertiary/aromatic N) is 1. The lowest BCUT2D eigenvalue weighted by atomic mass is 10.1. The number of benzene rings is 1. The maximum absolute atomic E-state index is 13.4. The largest absolute Gasteiger partial charge is 0.480 e. The Balaban J connectivity index is 1.58. The number of thiophene rings is 1. The summed E-state index contributed by atoms with van der Waals surface area (Å²) in [6, 6.07) is 11.0. The number of alkyl halides is 5. The van der Waals surface area contributed by atoms with Crippen molar-refractivity contribution >= 4 is 27.3 Å². The molecule has 1 aliphatic carbocycles. The highest BCUT2D eigenvalue weighted by Crippen LogP contribution is 2.52. The van der Waals surface area contributed by atoms with Crippen LogP contribution in [0.15, 0.2) is 57.3 Å². The summed E-state index contributed by atoms with van der Waals surface area (Å²) >= 11 is 0.510. The third-order valence-electron chi connectivity index (χ3n) is 5.14. The molecule has 1 aromatic carbocycles. The molecule has 0 radical (unpaired) electrons. The van der Waals surface area contributed by atoms with E-state index in [0.29, 0.717) is 23.0 Å². The second-order valence-corrected chi connectivity index (χ2v) is 10.3. The number of aromatic nitrogens is 1. The number of carboxylic acid groups (broad SMARTS) is 1. The number of halogens is 5. The minimum Gasteiger partial charge on any atom is -0.480 e. The normalized spacial score (nSPS) is 21.2. The van der Waals surface area contributed by atoms with Gasteiger partial charge in [-0.2, -0.15) is 26.7 Å². The molecule has 14 heteroatoms. The zero-order valence-corrected chi connectivity index (χ0v) is 17.8. The van der Waals surface area contributed by atoms with Crippen LogP contribution in [0.4, 0.5) is 22.0 Å². The first kappa shape index (κ1) is 23.3. The molecule has 33 heavy (non-hydrogen) atoms. The number of hydrogen-bond acceptors (Lipinski definition) is 6. The van der Waals surface area contributed by atoms with Crippen molar-refractivity contribution in [2.45, 2.75) is 34.2 Å². The Morgan fingerprint density at radius 2 is 1.82 bits per heavy atom. The number of sulfonamides is 1. The maximum Gasteiger partial charge on any atom is 0.461 e. The molecule has 0 unspecified atom stereocenters. The van der Waals surface area contributed by atoms with Crippen molar-refractivity contribution in [1.29, 1.82) is 0 Å². The molecule has 0 bridgehead atoms. The Hall–Kier alpha value is -2.84. The molecule has 0 saturated heterocycles. The van der Waals surface area contributed by atoms with Gasteiger partial charge in [-0.05, 0) is 24.1 Å². The summed E-state index contributed by atoms with van der Waals surface area (Å²) in [5, 5.41) is 12.8. The van der Waals surface area contributed by atoms with Crippen LogP contribution in [0.2, 0.25) is 0 Å². The van der Waals surface area contributed by atoms with Crippen LogP contribution in [0.1, 0.15) is 23.7 Å². The zero-order valence-electron chi connectivity index (χ0n) is 16.1. The highest BCUT2D eigenvalue weighted by Gasteiger charge is 2.63. The predicted molar refractivity (Wildman–Crippen MR) is 104 cm³/mol. The molecule has 7 nitrogen and oxygen atoms in total. The first-order chi connectivity index (χ1) is 15.3. The van der Waals surface area contributed by atoms with Gasteiger partial charge in [0.1, 0.15) is 15.4 Å². The lowest BCUT2D eigenvalue weighted by Gasteiger charge is -2.15. The van der Waals surface area contributed by atoms with Gasteiger partial charge in [-0.25, -0.2) is 8.42 Å². The summed E-state index contributed by atoms with van der Waals surface area (Å²) in [6.07, 6.45) is -5.88. The minimum absolute atomic E-state index is 0.0168. The summed E-state index contributed by atoms with van der Waals surface area (Å²) in [6.45, 7) is 0. The third-order valence-corrected chi connectivity index (χ3v) is 8.24. The van der Waals surface area contributed by atoms with Gasteiger partial charge in [-0.15, -0.1) is 11.3 Å². The Bertz CT molecular complexity index is 1300. The van der Waals surface area contributed by atoms with E-state index < -0.39 is 51.0 Å². The van der Waals surface area contributed by atoms with Crippen LogP contribution >= 0.6 is 11.3 Å².